The Kier molecular flexibility index (Phi) is 5.17. The van der Waals surface area contributed by atoms with Gasteiger partial charge in [-0.2, -0.15) is 0 Å². The van der Waals surface area contributed by atoms with Gasteiger partial charge in [-0.25, -0.2) is 0 Å². The van der Waals surface area contributed by atoms with E-state index < -0.39 is 0 Å². The second kappa shape index (κ2) is 8.43. The van der Waals surface area contributed by atoms with Gasteiger partial charge in [0.25, 0.3) is 0 Å². The maximum Gasteiger partial charge on any atom is 0.196 e. The van der Waals surface area contributed by atoms with Crippen LogP contribution in [0.2, 0.25) is 0 Å². The average Bonchev–Trinajstić information content (AvgIpc) is 2.85. The Bertz CT molecular complexity index is 1200. The van der Waals surface area contributed by atoms with Gasteiger partial charge >= 0.3 is 0 Å². The van der Waals surface area contributed by atoms with Crippen molar-refractivity contribution >= 4 is 22.9 Å². The molecule has 2 aromatic carbocycles. The molecule has 0 aliphatic heterocycles. The zero-order valence-electron chi connectivity index (χ0n) is 17.2. The highest BCUT2D eigenvalue weighted by Gasteiger charge is 2.33. The predicted molar refractivity (Wildman–Crippen MR) is 123 cm³/mol. The van der Waals surface area contributed by atoms with Gasteiger partial charge in [-0.05, 0) is 36.4 Å². The molecular formula is C26H20N4O2. The zero-order valence-corrected chi connectivity index (χ0v) is 17.2. The van der Waals surface area contributed by atoms with Crippen LogP contribution in [0.1, 0.15) is 43.2 Å². The highest BCUT2D eigenvalue weighted by atomic mass is 16.1. The lowest BCUT2D eigenvalue weighted by Gasteiger charge is -2.23. The van der Waals surface area contributed by atoms with Crippen molar-refractivity contribution in [2.45, 2.75) is 13.1 Å². The summed E-state index contributed by atoms with van der Waals surface area (Å²) in [6, 6.07) is 22.0. The minimum atomic E-state index is -0.166. The molecule has 2 aromatic heterocycles. The largest absolute Gasteiger partial charge is 0.379 e. The molecule has 0 radical (unpaired) electrons. The number of rotatable bonds is 6. The lowest BCUT2D eigenvalue weighted by atomic mass is 9.82. The fourth-order valence-corrected chi connectivity index (χ4v) is 3.91. The van der Waals surface area contributed by atoms with Crippen molar-refractivity contribution in [3.05, 3.63) is 119 Å². The number of carbonyl (C=O) groups excluding carboxylic acids is 2. The topological polar surface area (TPSA) is 84.0 Å². The van der Waals surface area contributed by atoms with Gasteiger partial charge < -0.3 is 10.6 Å². The molecule has 6 heteroatoms. The van der Waals surface area contributed by atoms with Crippen LogP contribution in [0.4, 0.5) is 11.4 Å². The molecule has 2 heterocycles. The molecule has 0 saturated heterocycles. The van der Waals surface area contributed by atoms with Gasteiger partial charge in [0.05, 0.1) is 35.6 Å². The van der Waals surface area contributed by atoms with E-state index in [1.807, 2.05) is 48.5 Å². The Hall–Kier alpha value is -4.32. The minimum absolute atomic E-state index is 0.166. The van der Waals surface area contributed by atoms with Crippen LogP contribution in [0.15, 0.2) is 85.2 Å². The first-order chi connectivity index (χ1) is 15.7. The minimum Gasteiger partial charge on any atom is -0.379 e. The average molecular weight is 420 g/mol. The molecule has 0 saturated carbocycles. The highest BCUT2D eigenvalue weighted by Crippen LogP contribution is 2.35. The summed E-state index contributed by atoms with van der Waals surface area (Å²) in [5.74, 6) is -0.333. The Morgan fingerprint density at radius 3 is 1.44 bits per heavy atom. The first-order valence-corrected chi connectivity index (χ1v) is 10.4. The van der Waals surface area contributed by atoms with Crippen molar-refractivity contribution in [1.82, 2.24) is 9.97 Å². The second-order valence-corrected chi connectivity index (χ2v) is 7.46. The number of hydrogen-bond acceptors (Lipinski definition) is 6. The van der Waals surface area contributed by atoms with Crippen LogP contribution >= 0.6 is 0 Å². The summed E-state index contributed by atoms with van der Waals surface area (Å²) in [6.07, 6.45) is 3.45. The van der Waals surface area contributed by atoms with Gasteiger partial charge in [0, 0.05) is 34.9 Å². The number of nitrogens with zero attached hydrogens (tertiary/aromatic N) is 2. The number of anilines is 2. The van der Waals surface area contributed by atoms with Crippen molar-refractivity contribution < 1.29 is 9.59 Å². The molecule has 0 amide bonds. The molecule has 0 bridgehead atoms. The Morgan fingerprint density at radius 1 is 0.562 bits per heavy atom. The number of pyridine rings is 2. The number of carbonyl (C=O) groups is 2. The molecule has 4 aromatic rings. The van der Waals surface area contributed by atoms with Crippen molar-refractivity contribution in [2.75, 3.05) is 10.6 Å². The third kappa shape index (κ3) is 3.63. The monoisotopic (exact) mass is 420 g/mol. The van der Waals surface area contributed by atoms with Crippen LogP contribution in [0.3, 0.4) is 0 Å². The van der Waals surface area contributed by atoms with Crippen LogP contribution in [0.25, 0.3) is 0 Å². The van der Waals surface area contributed by atoms with E-state index in [1.54, 1.807) is 36.7 Å². The number of ketones is 2. The van der Waals surface area contributed by atoms with E-state index in [9.17, 15) is 9.59 Å². The van der Waals surface area contributed by atoms with E-state index in [4.69, 9.17) is 0 Å². The molecule has 5 rings (SSSR count). The van der Waals surface area contributed by atoms with E-state index in [0.29, 0.717) is 46.7 Å². The molecule has 0 unspecified atom stereocenters. The summed E-state index contributed by atoms with van der Waals surface area (Å²) in [7, 11) is 0. The lowest BCUT2D eigenvalue weighted by molar-refractivity contribution is 0.0980. The third-order valence-electron chi connectivity index (χ3n) is 5.44. The predicted octanol–water partition coefficient (Wildman–Crippen LogP) is 4.48. The number of benzene rings is 2. The molecule has 1 aliphatic carbocycles. The normalized spacial score (nSPS) is 12.1. The van der Waals surface area contributed by atoms with Gasteiger partial charge in [0.2, 0.25) is 0 Å². The SMILES string of the molecule is O=C1c2cccc(NCc3ccccn3)c2C(=O)c2cccc(NCc3ccccn3)c21. The van der Waals surface area contributed by atoms with E-state index in [-0.39, 0.29) is 11.6 Å². The van der Waals surface area contributed by atoms with Gasteiger partial charge in [-0.15, -0.1) is 0 Å². The van der Waals surface area contributed by atoms with Gasteiger partial charge in [-0.3, -0.25) is 19.6 Å². The van der Waals surface area contributed by atoms with E-state index in [2.05, 4.69) is 20.6 Å². The van der Waals surface area contributed by atoms with Crippen LogP contribution in [-0.4, -0.2) is 21.5 Å². The Labute approximate surface area is 185 Å². The number of aromatic nitrogens is 2. The number of fused-ring (bicyclic) bond motifs is 2. The third-order valence-corrected chi connectivity index (χ3v) is 5.44. The molecular weight excluding hydrogens is 400 g/mol. The first kappa shape index (κ1) is 19.6. The first-order valence-electron chi connectivity index (χ1n) is 10.4. The summed E-state index contributed by atoms with van der Waals surface area (Å²) in [5.41, 5.74) is 4.57. The summed E-state index contributed by atoms with van der Waals surface area (Å²) in [6.45, 7) is 0.911. The smallest absolute Gasteiger partial charge is 0.196 e. The molecule has 6 nitrogen and oxygen atoms in total. The maximum absolute atomic E-state index is 13.5. The van der Waals surface area contributed by atoms with Crippen molar-refractivity contribution in [3.8, 4) is 0 Å². The van der Waals surface area contributed by atoms with Crippen LogP contribution in [-0.2, 0) is 13.1 Å². The van der Waals surface area contributed by atoms with Crippen LogP contribution in [0.5, 0.6) is 0 Å². The maximum atomic E-state index is 13.5. The standard InChI is InChI=1S/C26H20N4O2/c31-25-20-10-6-12-22(30-16-18-8-2-4-14-28-18)24(20)26(32)19-9-5-11-21(23(19)25)29-15-17-7-1-3-13-27-17/h1-14,29-30H,15-16H2. The van der Waals surface area contributed by atoms with Crippen molar-refractivity contribution in [2.24, 2.45) is 0 Å². The van der Waals surface area contributed by atoms with Crippen molar-refractivity contribution in [1.29, 1.82) is 0 Å². The molecule has 0 atom stereocenters. The molecule has 0 fully saturated rings. The van der Waals surface area contributed by atoms with Crippen LogP contribution < -0.4 is 10.6 Å². The zero-order chi connectivity index (χ0) is 21.9. The van der Waals surface area contributed by atoms with Crippen molar-refractivity contribution in [3.63, 3.8) is 0 Å². The molecule has 2 N–H and O–H groups in total. The number of hydrogen-bond donors (Lipinski definition) is 2. The molecule has 0 spiro atoms. The summed E-state index contributed by atoms with van der Waals surface area (Å²) >= 11 is 0. The fourth-order valence-electron chi connectivity index (χ4n) is 3.91. The fraction of sp³-hybridized carbons (Fsp3) is 0.0769. The molecule has 156 valence electrons. The van der Waals surface area contributed by atoms with E-state index in [0.717, 1.165) is 11.4 Å². The molecule has 32 heavy (non-hydrogen) atoms. The van der Waals surface area contributed by atoms with Crippen LogP contribution in [0, 0.1) is 0 Å². The Balaban J connectivity index is 1.47. The van der Waals surface area contributed by atoms with E-state index >= 15 is 0 Å². The quantitative estimate of drug-likeness (QED) is 0.422. The Morgan fingerprint density at radius 2 is 1.03 bits per heavy atom. The van der Waals surface area contributed by atoms with Gasteiger partial charge in [0.1, 0.15) is 0 Å². The lowest BCUT2D eigenvalue weighted by Crippen LogP contribution is -2.24. The summed E-state index contributed by atoms with van der Waals surface area (Å²) in [5, 5.41) is 6.55. The molecule has 1 aliphatic rings. The second-order valence-electron chi connectivity index (χ2n) is 7.46. The number of nitrogens with one attached hydrogen (secondary N) is 2. The van der Waals surface area contributed by atoms with Gasteiger partial charge in [0.15, 0.2) is 11.6 Å². The highest BCUT2D eigenvalue weighted by molar-refractivity contribution is 6.31. The van der Waals surface area contributed by atoms with Gasteiger partial charge in [-0.1, -0.05) is 36.4 Å². The summed E-state index contributed by atoms with van der Waals surface area (Å²) in [4.78, 5) is 35.5. The summed E-state index contributed by atoms with van der Waals surface area (Å²) < 4.78 is 0. The van der Waals surface area contributed by atoms with E-state index in [1.165, 1.54) is 0 Å².